The molecular formula is C11H10FNO2. The molecule has 0 N–H and O–H groups in total. The standard InChI is InChI=1S/C11H10FNO2/c1-2-15-11(14)6-9-5-10(12)4-3-8(9)7-13/h3-5H,2,6H2,1H3. The Hall–Kier alpha value is -1.89. The molecule has 1 aromatic carbocycles. The van der Waals surface area contributed by atoms with Crippen LogP contribution in [0.3, 0.4) is 0 Å². The first kappa shape index (κ1) is 11.2. The molecule has 0 atom stereocenters. The van der Waals surface area contributed by atoms with Crippen LogP contribution in [0.1, 0.15) is 18.1 Å². The molecule has 0 bridgehead atoms. The Labute approximate surface area is 87.1 Å². The predicted molar refractivity (Wildman–Crippen MR) is 51.5 cm³/mol. The van der Waals surface area contributed by atoms with E-state index < -0.39 is 11.8 Å². The molecular weight excluding hydrogens is 197 g/mol. The van der Waals surface area contributed by atoms with Crippen molar-refractivity contribution >= 4 is 5.97 Å². The predicted octanol–water partition coefficient (Wildman–Crippen LogP) is 1.80. The quantitative estimate of drug-likeness (QED) is 0.710. The van der Waals surface area contributed by atoms with E-state index in [-0.39, 0.29) is 13.0 Å². The Morgan fingerprint density at radius 1 is 1.60 bits per heavy atom. The lowest BCUT2D eigenvalue weighted by atomic mass is 10.1. The summed E-state index contributed by atoms with van der Waals surface area (Å²) < 4.78 is 17.6. The van der Waals surface area contributed by atoms with Crippen molar-refractivity contribution in [1.29, 1.82) is 5.26 Å². The fourth-order valence-electron chi connectivity index (χ4n) is 1.19. The fourth-order valence-corrected chi connectivity index (χ4v) is 1.19. The summed E-state index contributed by atoms with van der Waals surface area (Å²) in [6.07, 6.45) is -0.0749. The monoisotopic (exact) mass is 207 g/mol. The van der Waals surface area contributed by atoms with Gasteiger partial charge in [-0.3, -0.25) is 4.79 Å². The van der Waals surface area contributed by atoms with Gasteiger partial charge in [0.25, 0.3) is 0 Å². The molecule has 0 heterocycles. The van der Waals surface area contributed by atoms with Crippen LogP contribution in [-0.4, -0.2) is 12.6 Å². The van der Waals surface area contributed by atoms with E-state index in [1.807, 2.05) is 6.07 Å². The van der Waals surface area contributed by atoms with Crippen LogP contribution < -0.4 is 0 Å². The number of benzene rings is 1. The molecule has 0 spiro atoms. The number of hydrogen-bond donors (Lipinski definition) is 0. The maximum absolute atomic E-state index is 12.9. The minimum atomic E-state index is -0.465. The second-order valence-electron chi connectivity index (χ2n) is 2.90. The topological polar surface area (TPSA) is 50.1 Å². The highest BCUT2D eigenvalue weighted by Gasteiger charge is 2.09. The Kier molecular flexibility index (Phi) is 3.81. The molecule has 1 rings (SSSR count). The number of carbonyl (C=O) groups is 1. The summed E-state index contributed by atoms with van der Waals surface area (Å²) in [5.41, 5.74) is 0.653. The second kappa shape index (κ2) is 5.11. The molecule has 0 amide bonds. The van der Waals surface area contributed by atoms with Gasteiger partial charge >= 0.3 is 5.97 Å². The van der Waals surface area contributed by atoms with E-state index >= 15 is 0 Å². The molecule has 0 unspecified atom stereocenters. The van der Waals surface area contributed by atoms with Crippen LogP contribution in [0.4, 0.5) is 4.39 Å². The highest BCUT2D eigenvalue weighted by atomic mass is 19.1. The fraction of sp³-hybridized carbons (Fsp3) is 0.273. The smallest absolute Gasteiger partial charge is 0.310 e. The number of nitriles is 1. The van der Waals surface area contributed by atoms with Gasteiger partial charge in [-0.15, -0.1) is 0 Å². The van der Waals surface area contributed by atoms with Crippen molar-refractivity contribution in [1.82, 2.24) is 0 Å². The molecule has 4 heteroatoms. The first-order valence-electron chi connectivity index (χ1n) is 4.51. The van der Waals surface area contributed by atoms with Gasteiger partial charge in [-0.05, 0) is 30.7 Å². The maximum atomic E-state index is 12.9. The average Bonchev–Trinajstić information content (AvgIpc) is 2.18. The van der Waals surface area contributed by atoms with Gasteiger partial charge in [-0.25, -0.2) is 4.39 Å². The molecule has 0 aromatic heterocycles. The van der Waals surface area contributed by atoms with E-state index in [4.69, 9.17) is 10.00 Å². The first-order chi connectivity index (χ1) is 7.17. The molecule has 0 aliphatic heterocycles. The minimum absolute atomic E-state index is 0.0749. The molecule has 0 saturated heterocycles. The first-order valence-corrected chi connectivity index (χ1v) is 4.51. The third kappa shape index (κ3) is 3.06. The Bertz CT molecular complexity index is 410. The summed E-state index contributed by atoms with van der Waals surface area (Å²) in [4.78, 5) is 11.1. The van der Waals surface area contributed by atoms with Crippen LogP contribution in [0.5, 0.6) is 0 Å². The Morgan fingerprint density at radius 3 is 2.93 bits per heavy atom. The third-order valence-electron chi connectivity index (χ3n) is 1.83. The van der Waals surface area contributed by atoms with Gasteiger partial charge in [-0.2, -0.15) is 5.26 Å². The zero-order chi connectivity index (χ0) is 11.3. The second-order valence-corrected chi connectivity index (χ2v) is 2.90. The summed E-state index contributed by atoms with van der Waals surface area (Å²) in [5.74, 6) is -0.923. The number of ether oxygens (including phenoxy) is 1. The van der Waals surface area contributed by atoms with Crippen molar-refractivity contribution in [3.05, 3.63) is 35.1 Å². The van der Waals surface area contributed by atoms with Crippen LogP contribution in [0.25, 0.3) is 0 Å². The number of nitrogens with zero attached hydrogens (tertiary/aromatic N) is 1. The van der Waals surface area contributed by atoms with Gasteiger partial charge in [0.05, 0.1) is 24.7 Å². The summed E-state index contributed by atoms with van der Waals surface area (Å²) >= 11 is 0. The molecule has 15 heavy (non-hydrogen) atoms. The van der Waals surface area contributed by atoms with E-state index in [1.54, 1.807) is 6.92 Å². The van der Waals surface area contributed by atoms with E-state index in [0.29, 0.717) is 11.1 Å². The lowest BCUT2D eigenvalue weighted by molar-refractivity contribution is -0.142. The lowest BCUT2D eigenvalue weighted by Crippen LogP contribution is -2.08. The Balaban J connectivity index is 2.88. The van der Waals surface area contributed by atoms with Crippen molar-refractivity contribution < 1.29 is 13.9 Å². The van der Waals surface area contributed by atoms with Gasteiger partial charge in [-0.1, -0.05) is 0 Å². The van der Waals surface area contributed by atoms with Gasteiger partial charge in [0.15, 0.2) is 0 Å². The molecule has 0 saturated carbocycles. The van der Waals surface area contributed by atoms with E-state index in [2.05, 4.69) is 0 Å². The number of carbonyl (C=O) groups excluding carboxylic acids is 1. The largest absolute Gasteiger partial charge is 0.466 e. The van der Waals surface area contributed by atoms with E-state index in [1.165, 1.54) is 18.2 Å². The molecule has 1 aromatic rings. The van der Waals surface area contributed by atoms with Gasteiger partial charge in [0, 0.05) is 0 Å². The van der Waals surface area contributed by atoms with Gasteiger partial charge < -0.3 is 4.74 Å². The van der Waals surface area contributed by atoms with Crippen molar-refractivity contribution in [2.45, 2.75) is 13.3 Å². The zero-order valence-corrected chi connectivity index (χ0v) is 8.29. The van der Waals surface area contributed by atoms with Gasteiger partial charge in [0.1, 0.15) is 5.82 Å². The average molecular weight is 207 g/mol. The summed E-state index contributed by atoms with van der Waals surface area (Å²) in [7, 11) is 0. The van der Waals surface area contributed by atoms with Crippen molar-refractivity contribution in [2.75, 3.05) is 6.61 Å². The summed E-state index contributed by atoms with van der Waals surface area (Å²) in [5, 5.41) is 8.73. The van der Waals surface area contributed by atoms with Crippen molar-refractivity contribution in [3.8, 4) is 6.07 Å². The number of hydrogen-bond acceptors (Lipinski definition) is 3. The molecule has 0 fully saturated rings. The minimum Gasteiger partial charge on any atom is -0.466 e. The van der Waals surface area contributed by atoms with Crippen LogP contribution in [0.2, 0.25) is 0 Å². The maximum Gasteiger partial charge on any atom is 0.310 e. The van der Waals surface area contributed by atoms with E-state index in [0.717, 1.165) is 0 Å². The number of esters is 1. The summed E-state index contributed by atoms with van der Waals surface area (Å²) in [6, 6.07) is 5.61. The third-order valence-corrected chi connectivity index (χ3v) is 1.83. The van der Waals surface area contributed by atoms with Crippen LogP contribution in [0, 0.1) is 17.1 Å². The summed E-state index contributed by atoms with van der Waals surface area (Å²) in [6.45, 7) is 1.96. The van der Waals surface area contributed by atoms with Crippen molar-refractivity contribution in [3.63, 3.8) is 0 Å². The zero-order valence-electron chi connectivity index (χ0n) is 8.29. The molecule has 0 aliphatic rings. The van der Waals surface area contributed by atoms with Gasteiger partial charge in [0.2, 0.25) is 0 Å². The SMILES string of the molecule is CCOC(=O)Cc1cc(F)ccc1C#N. The highest BCUT2D eigenvalue weighted by Crippen LogP contribution is 2.11. The molecule has 0 aliphatic carbocycles. The van der Waals surface area contributed by atoms with Crippen LogP contribution in [-0.2, 0) is 16.0 Å². The molecule has 0 radical (unpaired) electrons. The van der Waals surface area contributed by atoms with Crippen LogP contribution >= 0.6 is 0 Å². The Morgan fingerprint density at radius 2 is 2.33 bits per heavy atom. The van der Waals surface area contributed by atoms with Crippen molar-refractivity contribution in [2.24, 2.45) is 0 Å². The number of halogens is 1. The highest BCUT2D eigenvalue weighted by molar-refractivity contribution is 5.73. The molecule has 3 nitrogen and oxygen atoms in total. The lowest BCUT2D eigenvalue weighted by Gasteiger charge is -2.03. The molecule has 78 valence electrons. The normalized spacial score (nSPS) is 9.40. The van der Waals surface area contributed by atoms with Crippen LogP contribution in [0.15, 0.2) is 18.2 Å². The number of rotatable bonds is 3. The van der Waals surface area contributed by atoms with E-state index in [9.17, 15) is 9.18 Å².